The number of hydrogen-bond donors (Lipinski definition) is 0. The number of carbonyl (C=O) groups is 1. The van der Waals surface area contributed by atoms with Crippen LogP contribution in [0.4, 0.5) is 5.95 Å². The summed E-state index contributed by atoms with van der Waals surface area (Å²) in [6, 6.07) is 16.4. The van der Waals surface area contributed by atoms with Crippen LogP contribution < -0.4 is 4.90 Å². The Balaban J connectivity index is 1.63. The Morgan fingerprint density at radius 3 is 2.50 bits per heavy atom. The van der Waals surface area contributed by atoms with Gasteiger partial charge >= 0.3 is 0 Å². The van der Waals surface area contributed by atoms with Crippen LogP contribution in [-0.4, -0.2) is 56.6 Å². The molecule has 1 aliphatic heterocycles. The molecule has 1 amide bonds. The van der Waals surface area contributed by atoms with Crippen molar-refractivity contribution in [3.8, 4) is 11.4 Å². The molecule has 0 unspecified atom stereocenters. The third kappa shape index (κ3) is 3.57. The van der Waals surface area contributed by atoms with Gasteiger partial charge in [0, 0.05) is 43.0 Å². The summed E-state index contributed by atoms with van der Waals surface area (Å²) in [5.74, 6) is 1.84. The van der Waals surface area contributed by atoms with Gasteiger partial charge in [-0.2, -0.15) is 0 Å². The number of benzene rings is 2. The van der Waals surface area contributed by atoms with E-state index in [2.05, 4.69) is 50.7 Å². The molecular weight excluding hydrogens is 400 g/mol. The Kier molecular flexibility index (Phi) is 5.25. The number of rotatable bonds is 3. The smallest absolute Gasteiger partial charge is 0.225 e. The Bertz CT molecular complexity index is 1280. The SMILES string of the molecule is Cc1ccc(-c2nnc3c4ccccc4nc(N4CCCN(C(=O)C(C)C)CC4)n23)cc1. The van der Waals surface area contributed by atoms with Gasteiger partial charge < -0.3 is 9.80 Å². The molecule has 7 nitrogen and oxygen atoms in total. The van der Waals surface area contributed by atoms with E-state index in [1.807, 2.05) is 43.0 Å². The molecular formula is C25H28N6O. The summed E-state index contributed by atoms with van der Waals surface area (Å²) in [4.78, 5) is 21.9. The van der Waals surface area contributed by atoms with Crippen molar-refractivity contribution in [2.24, 2.45) is 5.92 Å². The molecule has 0 bridgehead atoms. The van der Waals surface area contributed by atoms with Crippen LogP contribution in [0.2, 0.25) is 0 Å². The van der Waals surface area contributed by atoms with Crippen molar-refractivity contribution in [3.05, 3.63) is 54.1 Å². The van der Waals surface area contributed by atoms with Crippen molar-refractivity contribution < 1.29 is 4.79 Å². The maximum atomic E-state index is 12.6. The van der Waals surface area contributed by atoms with E-state index < -0.39 is 0 Å². The van der Waals surface area contributed by atoms with Gasteiger partial charge in [0.05, 0.1) is 5.52 Å². The van der Waals surface area contributed by atoms with Crippen molar-refractivity contribution >= 4 is 28.4 Å². The van der Waals surface area contributed by atoms with Gasteiger partial charge in [-0.3, -0.25) is 4.79 Å². The van der Waals surface area contributed by atoms with Crippen LogP contribution in [0.1, 0.15) is 25.8 Å². The third-order valence-corrected chi connectivity index (χ3v) is 6.12. The molecule has 7 heteroatoms. The molecule has 1 saturated heterocycles. The molecule has 0 saturated carbocycles. The van der Waals surface area contributed by atoms with E-state index in [1.165, 1.54) is 5.56 Å². The predicted molar refractivity (Wildman–Crippen MR) is 127 cm³/mol. The molecule has 3 heterocycles. The van der Waals surface area contributed by atoms with Crippen LogP contribution in [0.25, 0.3) is 27.9 Å². The lowest BCUT2D eigenvalue weighted by Gasteiger charge is -2.25. The molecule has 2 aromatic carbocycles. The second kappa shape index (κ2) is 8.22. The molecule has 32 heavy (non-hydrogen) atoms. The van der Waals surface area contributed by atoms with Crippen LogP contribution in [0, 0.1) is 12.8 Å². The van der Waals surface area contributed by atoms with E-state index in [-0.39, 0.29) is 11.8 Å². The lowest BCUT2D eigenvalue weighted by atomic mass is 10.1. The van der Waals surface area contributed by atoms with E-state index in [4.69, 9.17) is 4.98 Å². The number of fused-ring (bicyclic) bond motifs is 3. The van der Waals surface area contributed by atoms with Crippen LogP contribution in [0.5, 0.6) is 0 Å². The van der Waals surface area contributed by atoms with Gasteiger partial charge in [0.15, 0.2) is 11.5 Å². The maximum absolute atomic E-state index is 12.6. The second-order valence-corrected chi connectivity index (χ2v) is 8.80. The second-order valence-electron chi connectivity index (χ2n) is 8.80. The van der Waals surface area contributed by atoms with E-state index in [0.29, 0.717) is 6.54 Å². The molecule has 5 rings (SSSR count). The topological polar surface area (TPSA) is 66.6 Å². The van der Waals surface area contributed by atoms with Crippen molar-refractivity contribution in [1.29, 1.82) is 0 Å². The highest BCUT2D eigenvalue weighted by atomic mass is 16.2. The zero-order valence-electron chi connectivity index (χ0n) is 18.8. The van der Waals surface area contributed by atoms with Gasteiger partial charge in [-0.05, 0) is 25.5 Å². The zero-order chi connectivity index (χ0) is 22.2. The van der Waals surface area contributed by atoms with Crippen molar-refractivity contribution in [2.75, 3.05) is 31.1 Å². The van der Waals surface area contributed by atoms with E-state index in [1.54, 1.807) is 0 Å². The Morgan fingerprint density at radius 2 is 1.72 bits per heavy atom. The fourth-order valence-corrected chi connectivity index (χ4v) is 4.37. The summed E-state index contributed by atoms with van der Waals surface area (Å²) in [7, 11) is 0. The monoisotopic (exact) mass is 428 g/mol. The van der Waals surface area contributed by atoms with E-state index in [0.717, 1.165) is 59.9 Å². The van der Waals surface area contributed by atoms with Crippen LogP contribution >= 0.6 is 0 Å². The molecule has 4 aromatic rings. The highest BCUT2D eigenvalue weighted by molar-refractivity contribution is 5.93. The highest BCUT2D eigenvalue weighted by Crippen LogP contribution is 2.29. The third-order valence-electron chi connectivity index (χ3n) is 6.12. The molecule has 0 N–H and O–H groups in total. The van der Waals surface area contributed by atoms with Gasteiger partial charge in [-0.25, -0.2) is 9.38 Å². The first-order valence-corrected chi connectivity index (χ1v) is 11.3. The standard InChI is InChI=1S/C25H28N6O/c1-17(2)24(32)29-13-6-14-30(16-15-29)25-26-21-8-5-4-7-20(21)23-28-27-22(31(23)25)19-11-9-18(3)10-12-19/h4-5,7-12,17H,6,13-16H2,1-3H3. The first-order valence-electron chi connectivity index (χ1n) is 11.3. The van der Waals surface area contributed by atoms with Crippen molar-refractivity contribution in [1.82, 2.24) is 24.5 Å². The Morgan fingerprint density at radius 1 is 0.938 bits per heavy atom. The number of amides is 1. The summed E-state index contributed by atoms with van der Waals surface area (Å²) in [6.07, 6.45) is 0.899. The zero-order valence-corrected chi connectivity index (χ0v) is 18.8. The van der Waals surface area contributed by atoms with Crippen molar-refractivity contribution in [3.63, 3.8) is 0 Å². The minimum atomic E-state index is 0.0121. The minimum Gasteiger partial charge on any atom is -0.341 e. The molecule has 164 valence electrons. The average Bonchev–Trinajstić information content (AvgIpc) is 3.10. The Hall–Kier alpha value is -3.48. The molecule has 0 atom stereocenters. The van der Waals surface area contributed by atoms with Gasteiger partial charge in [-0.1, -0.05) is 55.8 Å². The largest absolute Gasteiger partial charge is 0.341 e. The number of nitrogens with zero attached hydrogens (tertiary/aromatic N) is 6. The quantitative estimate of drug-likeness (QED) is 0.494. The predicted octanol–water partition coefficient (Wildman–Crippen LogP) is 3.95. The number of para-hydroxylation sites is 1. The Labute approximate surface area is 187 Å². The number of carbonyl (C=O) groups excluding carboxylic acids is 1. The minimum absolute atomic E-state index is 0.0121. The summed E-state index contributed by atoms with van der Waals surface area (Å²) in [6.45, 7) is 9.02. The molecule has 1 fully saturated rings. The molecule has 1 aliphatic rings. The van der Waals surface area contributed by atoms with E-state index in [9.17, 15) is 4.79 Å². The summed E-state index contributed by atoms with van der Waals surface area (Å²) >= 11 is 0. The number of anilines is 1. The van der Waals surface area contributed by atoms with Gasteiger partial charge in [0.2, 0.25) is 11.9 Å². The summed E-state index contributed by atoms with van der Waals surface area (Å²) in [5.41, 5.74) is 3.92. The summed E-state index contributed by atoms with van der Waals surface area (Å²) < 4.78 is 2.08. The maximum Gasteiger partial charge on any atom is 0.225 e. The molecule has 0 radical (unpaired) electrons. The first kappa shape index (κ1) is 20.4. The fraction of sp³-hybridized carbons (Fsp3) is 0.360. The van der Waals surface area contributed by atoms with Crippen LogP contribution in [0.3, 0.4) is 0 Å². The number of hydrogen-bond acceptors (Lipinski definition) is 5. The average molecular weight is 429 g/mol. The highest BCUT2D eigenvalue weighted by Gasteiger charge is 2.25. The van der Waals surface area contributed by atoms with Gasteiger partial charge in [0.1, 0.15) is 0 Å². The number of aromatic nitrogens is 4. The summed E-state index contributed by atoms with van der Waals surface area (Å²) in [5, 5.41) is 10.1. The van der Waals surface area contributed by atoms with Crippen molar-refractivity contribution in [2.45, 2.75) is 27.2 Å². The van der Waals surface area contributed by atoms with Crippen LogP contribution in [0.15, 0.2) is 48.5 Å². The lowest BCUT2D eigenvalue weighted by Crippen LogP contribution is -2.38. The fourth-order valence-electron chi connectivity index (χ4n) is 4.37. The van der Waals surface area contributed by atoms with Gasteiger partial charge in [0.25, 0.3) is 0 Å². The lowest BCUT2D eigenvalue weighted by molar-refractivity contribution is -0.134. The molecule has 2 aromatic heterocycles. The molecule has 0 aliphatic carbocycles. The van der Waals surface area contributed by atoms with Crippen LogP contribution in [-0.2, 0) is 4.79 Å². The first-order chi connectivity index (χ1) is 15.5. The van der Waals surface area contributed by atoms with E-state index >= 15 is 0 Å². The van der Waals surface area contributed by atoms with Gasteiger partial charge in [-0.15, -0.1) is 10.2 Å². The number of aryl methyl sites for hydroxylation is 1. The molecule has 0 spiro atoms. The normalized spacial score (nSPS) is 15.0.